The van der Waals surface area contributed by atoms with Gasteiger partial charge in [-0.2, -0.15) is 11.8 Å². The SMILES string of the molecule is CSCC[C@H](C(=O)O)N1C(=O)/C(=C\c2cccs2)SC1=S. The van der Waals surface area contributed by atoms with E-state index < -0.39 is 12.0 Å². The van der Waals surface area contributed by atoms with Crippen LogP contribution in [0.25, 0.3) is 6.08 Å². The maximum Gasteiger partial charge on any atom is 0.326 e. The van der Waals surface area contributed by atoms with E-state index >= 15 is 0 Å². The van der Waals surface area contributed by atoms with Crippen LogP contribution in [0.3, 0.4) is 0 Å². The van der Waals surface area contributed by atoms with Crippen LogP contribution in [0.4, 0.5) is 0 Å². The van der Waals surface area contributed by atoms with Gasteiger partial charge in [0.25, 0.3) is 5.91 Å². The summed E-state index contributed by atoms with van der Waals surface area (Å²) in [5.74, 6) is -0.664. The number of carbonyl (C=O) groups is 2. The zero-order valence-corrected chi connectivity index (χ0v) is 14.4. The number of carboxylic acids is 1. The van der Waals surface area contributed by atoms with E-state index in [0.717, 1.165) is 16.6 Å². The van der Waals surface area contributed by atoms with Crippen LogP contribution in [-0.2, 0) is 9.59 Å². The van der Waals surface area contributed by atoms with Crippen LogP contribution in [0.5, 0.6) is 0 Å². The lowest BCUT2D eigenvalue weighted by Gasteiger charge is -2.22. The number of amides is 1. The fourth-order valence-electron chi connectivity index (χ4n) is 1.84. The highest BCUT2D eigenvalue weighted by atomic mass is 32.2. The Balaban J connectivity index is 2.22. The Kier molecular flexibility index (Phi) is 5.86. The van der Waals surface area contributed by atoms with Crippen molar-refractivity contribution in [1.82, 2.24) is 4.90 Å². The molecule has 112 valence electrons. The topological polar surface area (TPSA) is 57.6 Å². The lowest BCUT2D eigenvalue weighted by atomic mass is 10.2. The van der Waals surface area contributed by atoms with Gasteiger partial charge in [-0.25, -0.2) is 4.79 Å². The van der Waals surface area contributed by atoms with Crippen LogP contribution in [-0.4, -0.2) is 44.3 Å². The number of thiophene rings is 1. The molecule has 2 rings (SSSR count). The van der Waals surface area contributed by atoms with Gasteiger partial charge in [0.05, 0.1) is 4.91 Å². The van der Waals surface area contributed by atoms with Gasteiger partial charge in [-0.1, -0.05) is 30.0 Å². The first-order valence-corrected chi connectivity index (χ1v) is 9.56. The number of thiocarbonyl (C=S) groups is 1. The van der Waals surface area contributed by atoms with Crippen molar-refractivity contribution < 1.29 is 14.7 Å². The minimum atomic E-state index is -1.02. The summed E-state index contributed by atoms with van der Waals surface area (Å²) in [5.41, 5.74) is 0. The lowest BCUT2D eigenvalue weighted by Crippen LogP contribution is -2.44. The average Bonchev–Trinajstić information content (AvgIpc) is 3.02. The molecule has 1 atom stereocenters. The second-order valence-corrected chi connectivity index (χ2v) is 7.84. The molecule has 0 aliphatic carbocycles. The normalized spacial score (nSPS) is 18.5. The monoisotopic (exact) mass is 359 g/mol. The number of rotatable bonds is 6. The van der Waals surface area contributed by atoms with E-state index in [-0.39, 0.29) is 5.91 Å². The average molecular weight is 360 g/mol. The van der Waals surface area contributed by atoms with Gasteiger partial charge in [-0.15, -0.1) is 11.3 Å². The molecule has 1 saturated heterocycles. The smallest absolute Gasteiger partial charge is 0.326 e. The van der Waals surface area contributed by atoms with Crippen molar-refractivity contribution in [3.05, 3.63) is 27.3 Å². The molecule has 0 bridgehead atoms. The van der Waals surface area contributed by atoms with Crippen LogP contribution < -0.4 is 0 Å². The van der Waals surface area contributed by atoms with Gasteiger partial charge in [0.2, 0.25) is 0 Å². The Bertz CT molecular complexity index is 582. The number of carboxylic acid groups (broad SMARTS) is 1. The number of thioether (sulfide) groups is 2. The molecule has 8 heteroatoms. The molecule has 0 spiro atoms. The maximum absolute atomic E-state index is 12.4. The first-order valence-electron chi connectivity index (χ1n) is 6.07. The first kappa shape index (κ1) is 16.5. The summed E-state index contributed by atoms with van der Waals surface area (Å²) in [5, 5.41) is 11.3. The van der Waals surface area contributed by atoms with E-state index in [1.807, 2.05) is 23.8 Å². The second-order valence-electron chi connectivity index (χ2n) is 4.20. The number of aliphatic carboxylic acids is 1. The summed E-state index contributed by atoms with van der Waals surface area (Å²) < 4.78 is 0.316. The summed E-state index contributed by atoms with van der Waals surface area (Å²) in [6, 6.07) is 2.91. The summed E-state index contributed by atoms with van der Waals surface area (Å²) in [4.78, 5) is 26.5. The van der Waals surface area contributed by atoms with Gasteiger partial charge in [-0.05, 0) is 36.0 Å². The van der Waals surface area contributed by atoms with Crippen LogP contribution in [0.15, 0.2) is 22.4 Å². The number of carbonyl (C=O) groups excluding carboxylic acids is 1. The molecule has 1 N–H and O–H groups in total. The third kappa shape index (κ3) is 3.88. The molecule has 1 aliphatic rings. The van der Waals surface area contributed by atoms with Gasteiger partial charge in [0.1, 0.15) is 10.4 Å². The molecule has 1 aromatic rings. The van der Waals surface area contributed by atoms with Crippen molar-refractivity contribution in [2.24, 2.45) is 0 Å². The Morgan fingerprint density at radius 2 is 2.38 bits per heavy atom. The molecule has 1 fully saturated rings. The molecule has 1 aliphatic heterocycles. The van der Waals surface area contributed by atoms with Gasteiger partial charge in [0, 0.05) is 4.88 Å². The molecule has 1 aromatic heterocycles. The van der Waals surface area contributed by atoms with E-state index in [1.165, 1.54) is 16.2 Å². The van der Waals surface area contributed by atoms with Crippen LogP contribution in [0, 0.1) is 0 Å². The molecule has 0 unspecified atom stereocenters. The van der Waals surface area contributed by atoms with Crippen molar-refractivity contribution in [3.63, 3.8) is 0 Å². The molecule has 0 aromatic carbocycles. The Morgan fingerprint density at radius 1 is 1.62 bits per heavy atom. The maximum atomic E-state index is 12.4. The summed E-state index contributed by atoms with van der Waals surface area (Å²) in [7, 11) is 0. The second kappa shape index (κ2) is 7.44. The van der Waals surface area contributed by atoms with E-state index in [1.54, 1.807) is 17.8 Å². The van der Waals surface area contributed by atoms with Crippen LogP contribution in [0.1, 0.15) is 11.3 Å². The predicted molar refractivity (Wildman–Crippen MR) is 93.8 cm³/mol. The van der Waals surface area contributed by atoms with Gasteiger partial charge < -0.3 is 5.11 Å². The molecule has 1 amide bonds. The minimum Gasteiger partial charge on any atom is -0.480 e. The number of hydrogen-bond acceptors (Lipinski definition) is 6. The fourth-order valence-corrected chi connectivity index (χ4v) is 4.38. The molecule has 21 heavy (non-hydrogen) atoms. The van der Waals surface area contributed by atoms with Crippen molar-refractivity contribution >= 4 is 69.4 Å². The van der Waals surface area contributed by atoms with E-state index in [2.05, 4.69) is 0 Å². The summed E-state index contributed by atoms with van der Waals surface area (Å²) in [6.45, 7) is 0. The Hall–Kier alpha value is -0.830. The van der Waals surface area contributed by atoms with E-state index in [9.17, 15) is 14.7 Å². The summed E-state index contributed by atoms with van der Waals surface area (Å²) in [6.07, 6.45) is 4.05. The largest absolute Gasteiger partial charge is 0.480 e. The molecular weight excluding hydrogens is 346 g/mol. The number of hydrogen-bond donors (Lipinski definition) is 1. The van der Waals surface area contributed by atoms with Crippen molar-refractivity contribution in [3.8, 4) is 0 Å². The Morgan fingerprint density at radius 3 is 2.95 bits per heavy atom. The van der Waals surface area contributed by atoms with Crippen molar-refractivity contribution in [1.29, 1.82) is 0 Å². The molecular formula is C13H13NO3S4. The molecule has 0 saturated carbocycles. The molecule has 4 nitrogen and oxygen atoms in total. The quantitative estimate of drug-likeness (QED) is 0.622. The minimum absolute atomic E-state index is 0.313. The first-order chi connectivity index (χ1) is 10.0. The third-order valence-corrected chi connectivity index (χ3v) is 5.63. The zero-order valence-electron chi connectivity index (χ0n) is 11.1. The van der Waals surface area contributed by atoms with Gasteiger partial charge in [-0.3, -0.25) is 9.69 Å². The van der Waals surface area contributed by atoms with E-state index in [4.69, 9.17) is 12.2 Å². The highest BCUT2D eigenvalue weighted by molar-refractivity contribution is 8.26. The van der Waals surface area contributed by atoms with Gasteiger partial charge >= 0.3 is 5.97 Å². The zero-order chi connectivity index (χ0) is 15.4. The molecule has 0 radical (unpaired) electrons. The third-order valence-electron chi connectivity index (χ3n) is 2.83. The van der Waals surface area contributed by atoms with Crippen molar-refractivity contribution in [2.75, 3.05) is 12.0 Å². The highest BCUT2D eigenvalue weighted by Gasteiger charge is 2.40. The van der Waals surface area contributed by atoms with Crippen LogP contribution in [0.2, 0.25) is 0 Å². The summed E-state index contributed by atoms with van der Waals surface area (Å²) >= 11 is 9.43. The lowest BCUT2D eigenvalue weighted by molar-refractivity contribution is -0.145. The van der Waals surface area contributed by atoms with Crippen LogP contribution >= 0.6 is 47.1 Å². The van der Waals surface area contributed by atoms with E-state index in [0.29, 0.717) is 21.4 Å². The number of nitrogens with zero attached hydrogens (tertiary/aromatic N) is 1. The predicted octanol–water partition coefficient (Wildman–Crippen LogP) is 3.16. The van der Waals surface area contributed by atoms with Crippen molar-refractivity contribution in [2.45, 2.75) is 12.5 Å². The Labute approximate surface area is 140 Å². The molecule has 2 heterocycles. The van der Waals surface area contributed by atoms with Gasteiger partial charge in [0.15, 0.2) is 0 Å². The fraction of sp³-hybridized carbons (Fsp3) is 0.308. The highest BCUT2D eigenvalue weighted by Crippen LogP contribution is 2.35. The standard InChI is InChI=1S/C13H13NO3S4/c1-19-6-4-9(12(16)17)14-11(15)10(21-13(14)18)7-8-3-2-5-20-8/h2-3,5,7,9H,4,6H2,1H3,(H,16,17)/b10-7+/t9-/m1/s1.